The number of hydrogen-bond acceptors (Lipinski definition) is 6. The van der Waals surface area contributed by atoms with Crippen LogP contribution in [0.1, 0.15) is 13.8 Å². The second-order valence-corrected chi connectivity index (χ2v) is 7.45. The lowest BCUT2D eigenvalue weighted by Gasteiger charge is -2.14. The third kappa shape index (κ3) is 3.63. The van der Waals surface area contributed by atoms with Gasteiger partial charge in [-0.05, 0) is 32.0 Å². The SMILES string of the molecule is CCOc1ccccc1NC(=O)C(C)Sc1nnc2c(n1)[nH]c1ccccc12. The van der Waals surface area contributed by atoms with Gasteiger partial charge in [0.1, 0.15) is 11.3 Å². The molecule has 4 rings (SSSR count). The van der Waals surface area contributed by atoms with Crippen molar-refractivity contribution in [1.82, 2.24) is 20.2 Å². The lowest BCUT2D eigenvalue weighted by Crippen LogP contribution is -2.23. The van der Waals surface area contributed by atoms with Gasteiger partial charge in [-0.1, -0.05) is 42.1 Å². The Morgan fingerprint density at radius 2 is 1.96 bits per heavy atom. The smallest absolute Gasteiger partial charge is 0.237 e. The molecule has 1 unspecified atom stereocenters. The fourth-order valence-corrected chi connectivity index (χ4v) is 3.57. The molecule has 4 aromatic rings. The monoisotopic (exact) mass is 393 g/mol. The van der Waals surface area contributed by atoms with Gasteiger partial charge in [-0.15, -0.1) is 10.2 Å². The quantitative estimate of drug-likeness (QED) is 0.481. The van der Waals surface area contributed by atoms with Crippen LogP contribution in [-0.2, 0) is 4.79 Å². The number of H-pyrrole nitrogens is 1. The Bertz CT molecular complexity index is 1140. The molecule has 8 heteroatoms. The molecule has 7 nitrogen and oxygen atoms in total. The summed E-state index contributed by atoms with van der Waals surface area (Å²) in [5.41, 5.74) is 2.99. The van der Waals surface area contributed by atoms with E-state index in [2.05, 4.69) is 25.5 Å². The van der Waals surface area contributed by atoms with Crippen molar-refractivity contribution >= 4 is 45.4 Å². The van der Waals surface area contributed by atoms with Gasteiger partial charge in [0.05, 0.1) is 17.5 Å². The van der Waals surface area contributed by atoms with Gasteiger partial charge in [-0.2, -0.15) is 0 Å². The molecule has 2 aromatic heterocycles. The molecule has 0 fully saturated rings. The van der Waals surface area contributed by atoms with Crippen LogP contribution in [0.5, 0.6) is 5.75 Å². The van der Waals surface area contributed by atoms with Crippen LogP contribution >= 0.6 is 11.8 Å². The zero-order valence-electron chi connectivity index (χ0n) is 15.5. The van der Waals surface area contributed by atoms with Gasteiger partial charge in [-0.3, -0.25) is 4.79 Å². The Balaban J connectivity index is 1.50. The van der Waals surface area contributed by atoms with Crippen LogP contribution in [0.2, 0.25) is 0 Å². The first-order chi connectivity index (χ1) is 13.7. The largest absolute Gasteiger partial charge is 0.492 e. The molecular formula is C20H19N5O2S. The molecule has 28 heavy (non-hydrogen) atoms. The normalized spacial score (nSPS) is 12.2. The number of carbonyl (C=O) groups excluding carboxylic acids is 1. The highest BCUT2D eigenvalue weighted by Gasteiger charge is 2.19. The summed E-state index contributed by atoms with van der Waals surface area (Å²) in [5, 5.41) is 12.4. The number of rotatable bonds is 6. The third-order valence-corrected chi connectivity index (χ3v) is 5.15. The average Bonchev–Trinajstić information content (AvgIpc) is 3.07. The van der Waals surface area contributed by atoms with E-state index in [1.807, 2.05) is 62.4 Å². The minimum absolute atomic E-state index is 0.155. The van der Waals surface area contributed by atoms with E-state index in [0.29, 0.717) is 28.8 Å². The second-order valence-electron chi connectivity index (χ2n) is 6.14. The fourth-order valence-electron chi connectivity index (χ4n) is 2.85. The summed E-state index contributed by atoms with van der Waals surface area (Å²) in [5.74, 6) is 0.491. The molecule has 1 amide bonds. The van der Waals surface area contributed by atoms with Crippen LogP contribution in [0.15, 0.2) is 53.7 Å². The summed E-state index contributed by atoms with van der Waals surface area (Å²) in [4.78, 5) is 20.4. The molecule has 0 bridgehead atoms. The van der Waals surface area contributed by atoms with E-state index in [0.717, 1.165) is 16.4 Å². The molecule has 0 saturated carbocycles. The van der Waals surface area contributed by atoms with E-state index in [1.54, 1.807) is 0 Å². The predicted octanol–water partition coefficient (Wildman–Crippen LogP) is 4.02. The van der Waals surface area contributed by atoms with Gasteiger partial charge in [0.2, 0.25) is 11.1 Å². The summed E-state index contributed by atoms with van der Waals surface area (Å²) in [6.45, 7) is 4.24. The number of hydrogen-bond donors (Lipinski definition) is 2. The number of carbonyl (C=O) groups is 1. The molecule has 142 valence electrons. The Morgan fingerprint density at radius 3 is 2.82 bits per heavy atom. The fraction of sp³-hybridized carbons (Fsp3) is 0.200. The molecular weight excluding hydrogens is 374 g/mol. The number of anilines is 1. The molecule has 1 atom stereocenters. The van der Waals surface area contributed by atoms with Crippen molar-refractivity contribution in [3.05, 3.63) is 48.5 Å². The average molecular weight is 393 g/mol. The van der Waals surface area contributed by atoms with Crippen molar-refractivity contribution in [3.8, 4) is 5.75 Å². The van der Waals surface area contributed by atoms with Crippen molar-refractivity contribution in [2.45, 2.75) is 24.3 Å². The molecule has 0 spiro atoms. The molecule has 0 radical (unpaired) electrons. The predicted molar refractivity (Wildman–Crippen MR) is 111 cm³/mol. The zero-order chi connectivity index (χ0) is 19.5. The van der Waals surface area contributed by atoms with Crippen LogP contribution in [0.3, 0.4) is 0 Å². The minimum atomic E-state index is -0.404. The Morgan fingerprint density at radius 1 is 1.18 bits per heavy atom. The number of benzene rings is 2. The number of thioether (sulfide) groups is 1. The first-order valence-corrected chi connectivity index (χ1v) is 9.84. The highest BCUT2D eigenvalue weighted by atomic mass is 32.2. The van der Waals surface area contributed by atoms with Crippen LogP contribution in [0.4, 0.5) is 5.69 Å². The summed E-state index contributed by atoms with van der Waals surface area (Å²) >= 11 is 1.26. The minimum Gasteiger partial charge on any atom is -0.492 e. The maximum absolute atomic E-state index is 12.6. The van der Waals surface area contributed by atoms with Crippen molar-refractivity contribution in [2.24, 2.45) is 0 Å². The number of amides is 1. The number of para-hydroxylation sites is 3. The number of nitrogens with one attached hydrogen (secondary N) is 2. The Labute approximate surface area is 165 Å². The summed E-state index contributed by atoms with van der Waals surface area (Å²) < 4.78 is 5.55. The lowest BCUT2D eigenvalue weighted by molar-refractivity contribution is -0.115. The van der Waals surface area contributed by atoms with Crippen molar-refractivity contribution in [2.75, 3.05) is 11.9 Å². The first-order valence-electron chi connectivity index (χ1n) is 8.96. The highest BCUT2D eigenvalue weighted by Crippen LogP contribution is 2.27. The van der Waals surface area contributed by atoms with E-state index in [9.17, 15) is 4.79 Å². The topological polar surface area (TPSA) is 92.8 Å². The van der Waals surface area contributed by atoms with E-state index in [1.165, 1.54) is 11.8 Å². The van der Waals surface area contributed by atoms with E-state index < -0.39 is 5.25 Å². The zero-order valence-corrected chi connectivity index (χ0v) is 16.3. The molecule has 2 heterocycles. The van der Waals surface area contributed by atoms with Crippen molar-refractivity contribution in [3.63, 3.8) is 0 Å². The van der Waals surface area contributed by atoms with Crippen LogP contribution < -0.4 is 10.1 Å². The standard InChI is InChI=1S/C20H19N5O2S/c1-3-27-16-11-7-6-10-15(16)22-19(26)12(2)28-20-23-18-17(24-25-20)13-8-4-5-9-14(13)21-18/h4-12H,3H2,1-2H3,(H,22,26)(H,21,23,25). The third-order valence-electron chi connectivity index (χ3n) is 4.20. The Kier molecular flexibility index (Phi) is 5.12. The number of aromatic amines is 1. The van der Waals surface area contributed by atoms with Crippen molar-refractivity contribution in [1.29, 1.82) is 0 Å². The summed E-state index contributed by atoms with van der Waals surface area (Å²) in [6.07, 6.45) is 0. The van der Waals surface area contributed by atoms with Crippen LogP contribution in [-0.4, -0.2) is 37.9 Å². The van der Waals surface area contributed by atoms with E-state index in [-0.39, 0.29) is 5.91 Å². The molecule has 0 aliphatic carbocycles. The van der Waals surface area contributed by atoms with Crippen molar-refractivity contribution < 1.29 is 9.53 Å². The van der Waals surface area contributed by atoms with Gasteiger partial charge in [0.15, 0.2) is 5.65 Å². The summed E-state index contributed by atoms with van der Waals surface area (Å²) in [7, 11) is 0. The maximum Gasteiger partial charge on any atom is 0.237 e. The maximum atomic E-state index is 12.6. The molecule has 0 aliphatic heterocycles. The van der Waals surface area contributed by atoms with Gasteiger partial charge in [-0.25, -0.2) is 4.98 Å². The Hall–Kier alpha value is -3.13. The second kappa shape index (κ2) is 7.85. The van der Waals surface area contributed by atoms with Gasteiger partial charge in [0.25, 0.3) is 0 Å². The van der Waals surface area contributed by atoms with E-state index in [4.69, 9.17) is 4.74 Å². The van der Waals surface area contributed by atoms with Crippen LogP contribution in [0, 0.1) is 0 Å². The van der Waals surface area contributed by atoms with Gasteiger partial charge >= 0.3 is 0 Å². The van der Waals surface area contributed by atoms with Gasteiger partial charge < -0.3 is 15.0 Å². The number of fused-ring (bicyclic) bond motifs is 3. The molecule has 2 aromatic carbocycles. The van der Waals surface area contributed by atoms with E-state index >= 15 is 0 Å². The number of ether oxygens (including phenoxy) is 1. The molecule has 0 aliphatic rings. The van der Waals surface area contributed by atoms with Gasteiger partial charge in [0, 0.05) is 10.9 Å². The molecule has 0 saturated heterocycles. The lowest BCUT2D eigenvalue weighted by atomic mass is 10.2. The summed E-state index contributed by atoms with van der Waals surface area (Å²) in [6, 6.07) is 15.2. The molecule has 2 N–H and O–H groups in total. The number of aromatic nitrogens is 4. The highest BCUT2D eigenvalue weighted by molar-refractivity contribution is 8.00. The van der Waals surface area contributed by atoms with Crippen LogP contribution in [0.25, 0.3) is 22.1 Å². The number of nitrogens with zero attached hydrogens (tertiary/aromatic N) is 3. The first kappa shape index (κ1) is 18.2.